The molecule has 88 valence electrons. The predicted molar refractivity (Wildman–Crippen MR) is 61.6 cm³/mol. The molecule has 15 heavy (non-hydrogen) atoms. The molecule has 1 amide bonds. The lowest BCUT2D eigenvalue weighted by atomic mass is 9.75. The summed E-state index contributed by atoms with van der Waals surface area (Å²) in [5.41, 5.74) is 5.78. The maximum absolute atomic E-state index is 11.7. The van der Waals surface area contributed by atoms with E-state index >= 15 is 0 Å². The van der Waals surface area contributed by atoms with Crippen LogP contribution in [-0.2, 0) is 4.79 Å². The van der Waals surface area contributed by atoms with Crippen molar-refractivity contribution in [2.24, 2.45) is 5.73 Å². The minimum Gasteiger partial charge on any atom is -0.343 e. The third-order valence-electron chi connectivity index (χ3n) is 3.53. The Morgan fingerprint density at radius 3 is 2.20 bits per heavy atom. The second-order valence-electron chi connectivity index (χ2n) is 4.96. The van der Waals surface area contributed by atoms with E-state index in [0.29, 0.717) is 0 Å². The molecule has 2 N–H and O–H groups in total. The number of nitrogens with two attached hydrogens (primary N) is 1. The van der Waals surface area contributed by atoms with Crippen molar-refractivity contribution in [3.63, 3.8) is 0 Å². The average Bonchev–Trinajstić information content (AvgIpc) is 2.08. The van der Waals surface area contributed by atoms with E-state index < -0.39 is 6.04 Å². The molecule has 1 fully saturated rings. The minimum absolute atomic E-state index is 0.0307. The van der Waals surface area contributed by atoms with Crippen LogP contribution in [-0.4, -0.2) is 55.0 Å². The topological polar surface area (TPSA) is 49.6 Å². The zero-order valence-electron chi connectivity index (χ0n) is 10.3. The highest BCUT2D eigenvalue weighted by Crippen LogP contribution is 2.36. The fourth-order valence-electron chi connectivity index (χ4n) is 2.20. The van der Waals surface area contributed by atoms with E-state index in [0.717, 1.165) is 6.54 Å². The standard InChI is InChI=1S/C11H23N3O/c1-9(12)10(15)14(4)8-11(13(2)3)6-5-7-11/h9H,5-8,12H2,1-4H3/t9-/m1/s1. The summed E-state index contributed by atoms with van der Waals surface area (Å²) < 4.78 is 0. The molecule has 4 heteroatoms. The van der Waals surface area contributed by atoms with Crippen molar-refractivity contribution in [2.75, 3.05) is 27.7 Å². The largest absolute Gasteiger partial charge is 0.343 e. The van der Waals surface area contributed by atoms with Crippen LogP contribution in [0.15, 0.2) is 0 Å². The number of likely N-dealkylation sites (N-methyl/N-ethyl adjacent to an activating group) is 2. The number of carbonyl (C=O) groups is 1. The lowest BCUT2D eigenvalue weighted by Crippen LogP contribution is -2.58. The van der Waals surface area contributed by atoms with Crippen LogP contribution < -0.4 is 5.73 Å². The van der Waals surface area contributed by atoms with Crippen molar-refractivity contribution < 1.29 is 4.79 Å². The van der Waals surface area contributed by atoms with E-state index in [-0.39, 0.29) is 11.4 Å². The third-order valence-corrected chi connectivity index (χ3v) is 3.53. The van der Waals surface area contributed by atoms with Gasteiger partial charge in [-0.2, -0.15) is 0 Å². The molecule has 1 aliphatic carbocycles. The van der Waals surface area contributed by atoms with E-state index in [1.165, 1.54) is 19.3 Å². The van der Waals surface area contributed by atoms with Gasteiger partial charge in [0.2, 0.25) is 5.91 Å². The molecule has 0 saturated heterocycles. The Hall–Kier alpha value is -0.610. The molecule has 0 aromatic rings. The molecule has 0 bridgehead atoms. The van der Waals surface area contributed by atoms with E-state index in [1.807, 2.05) is 7.05 Å². The van der Waals surface area contributed by atoms with Crippen LogP contribution in [0.2, 0.25) is 0 Å². The van der Waals surface area contributed by atoms with Crippen LogP contribution in [0, 0.1) is 0 Å². The zero-order valence-corrected chi connectivity index (χ0v) is 10.3. The van der Waals surface area contributed by atoms with E-state index in [4.69, 9.17) is 5.73 Å². The summed E-state index contributed by atoms with van der Waals surface area (Å²) in [5.74, 6) is 0.0307. The highest BCUT2D eigenvalue weighted by molar-refractivity contribution is 5.81. The average molecular weight is 213 g/mol. The number of nitrogens with zero attached hydrogens (tertiary/aromatic N) is 2. The Labute approximate surface area is 92.4 Å². The molecule has 0 aliphatic heterocycles. The van der Waals surface area contributed by atoms with Gasteiger partial charge in [-0.25, -0.2) is 0 Å². The molecule has 0 aromatic heterocycles. The van der Waals surface area contributed by atoms with Crippen molar-refractivity contribution in [3.8, 4) is 0 Å². The molecular formula is C11H23N3O. The Kier molecular flexibility index (Phi) is 3.73. The second-order valence-corrected chi connectivity index (χ2v) is 4.96. The monoisotopic (exact) mass is 213 g/mol. The number of hydrogen-bond donors (Lipinski definition) is 1. The van der Waals surface area contributed by atoms with Crippen LogP contribution in [0.4, 0.5) is 0 Å². The first-order valence-electron chi connectivity index (χ1n) is 5.57. The van der Waals surface area contributed by atoms with Gasteiger partial charge in [0.1, 0.15) is 0 Å². The van der Waals surface area contributed by atoms with Gasteiger partial charge in [0.05, 0.1) is 6.04 Å². The van der Waals surface area contributed by atoms with Crippen molar-refractivity contribution in [1.82, 2.24) is 9.80 Å². The third kappa shape index (κ3) is 2.49. The van der Waals surface area contributed by atoms with Gasteiger partial charge in [-0.05, 0) is 40.3 Å². The maximum atomic E-state index is 11.7. The smallest absolute Gasteiger partial charge is 0.239 e. The molecular weight excluding hydrogens is 190 g/mol. The Bertz CT molecular complexity index is 234. The van der Waals surface area contributed by atoms with Gasteiger partial charge in [-0.15, -0.1) is 0 Å². The molecule has 0 heterocycles. The van der Waals surface area contributed by atoms with E-state index in [1.54, 1.807) is 11.8 Å². The summed E-state index contributed by atoms with van der Waals surface area (Å²) >= 11 is 0. The summed E-state index contributed by atoms with van der Waals surface area (Å²) in [4.78, 5) is 15.7. The Morgan fingerprint density at radius 1 is 1.40 bits per heavy atom. The van der Waals surface area contributed by atoms with Crippen molar-refractivity contribution in [2.45, 2.75) is 37.8 Å². The molecule has 1 aliphatic rings. The summed E-state index contributed by atoms with van der Waals surface area (Å²) in [6.45, 7) is 2.53. The number of amides is 1. The first-order chi connectivity index (χ1) is 6.89. The van der Waals surface area contributed by atoms with Gasteiger partial charge in [0.25, 0.3) is 0 Å². The molecule has 1 atom stereocenters. The van der Waals surface area contributed by atoms with Crippen LogP contribution >= 0.6 is 0 Å². The Balaban J connectivity index is 2.56. The van der Waals surface area contributed by atoms with Gasteiger partial charge in [-0.3, -0.25) is 4.79 Å². The summed E-state index contributed by atoms with van der Waals surface area (Å²) in [5, 5.41) is 0. The van der Waals surface area contributed by atoms with Crippen molar-refractivity contribution in [1.29, 1.82) is 0 Å². The van der Waals surface area contributed by atoms with Crippen LogP contribution in [0.1, 0.15) is 26.2 Å². The molecule has 1 rings (SSSR count). The van der Waals surface area contributed by atoms with Gasteiger partial charge >= 0.3 is 0 Å². The predicted octanol–water partition coefficient (Wildman–Crippen LogP) is 0.276. The second kappa shape index (κ2) is 4.49. The maximum Gasteiger partial charge on any atom is 0.239 e. The van der Waals surface area contributed by atoms with Crippen LogP contribution in [0.3, 0.4) is 0 Å². The van der Waals surface area contributed by atoms with Gasteiger partial charge < -0.3 is 15.5 Å². The van der Waals surface area contributed by atoms with Gasteiger partial charge in [-0.1, -0.05) is 0 Å². The van der Waals surface area contributed by atoms with Crippen LogP contribution in [0.5, 0.6) is 0 Å². The number of hydrogen-bond acceptors (Lipinski definition) is 3. The lowest BCUT2D eigenvalue weighted by molar-refractivity contribution is -0.133. The van der Waals surface area contributed by atoms with Crippen molar-refractivity contribution in [3.05, 3.63) is 0 Å². The summed E-state index contributed by atoms with van der Waals surface area (Å²) in [7, 11) is 6.02. The van der Waals surface area contributed by atoms with E-state index in [9.17, 15) is 4.79 Å². The molecule has 4 nitrogen and oxygen atoms in total. The molecule has 0 unspecified atom stereocenters. The highest BCUT2D eigenvalue weighted by Gasteiger charge is 2.40. The Morgan fingerprint density at radius 2 is 1.93 bits per heavy atom. The van der Waals surface area contributed by atoms with Gasteiger partial charge in [0.15, 0.2) is 0 Å². The summed E-state index contributed by atoms with van der Waals surface area (Å²) in [6, 6.07) is -0.394. The SMILES string of the molecule is C[C@@H](N)C(=O)N(C)CC1(N(C)C)CCC1. The first kappa shape index (κ1) is 12.5. The highest BCUT2D eigenvalue weighted by atomic mass is 16.2. The molecule has 0 radical (unpaired) electrons. The normalized spacial score (nSPS) is 20.9. The number of carbonyl (C=O) groups excluding carboxylic acids is 1. The van der Waals surface area contributed by atoms with Crippen LogP contribution in [0.25, 0.3) is 0 Å². The fourth-order valence-corrected chi connectivity index (χ4v) is 2.20. The fraction of sp³-hybridized carbons (Fsp3) is 0.909. The summed E-state index contributed by atoms with van der Waals surface area (Å²) in [6.07, 6.45) is 3.62. The molecule has 0 spiro atoms. The number of rotatable bonds is 4. The zero-order chi connectivity index (χ0) is 11.6. The van der Waals surface area contributed by atoms with E-state index in [2.05, 4.69) is 19.0 Å². The molecule has 1 saturated carbocycles. The van der Waals surface area contributed by atoms with Crippen molar-refractivity contribution >= 4 is 5.91 Å². The lowest BCUT2D eigenvalue weighted by Gasteiger charge is -2.49. The first-order valence-corrected chi connectivity index (χ1v) is 5.57. The quantitative estimate of drug-likeness (QED) is 0.729. The molecule has 0 aromatic carbocycles. The minimum atomic E-state index is -0.394. The van der Waals surface area contributed by atoms with Gasteiger partial charge in [0, 0.05) is 19.1 Å².